The Hall–Kier alpha value is -0.920. The van der Waals surface area contributed by atoms with Gasteiger partial charge in [0.1, 0.15) is 0 Å². The van der Waals surface area contributed by atoms with Crippen LogP contribution >= 0.6 is 15.9 Å². The van der Waals surface area contributed by atoms with Crippen molar-refractivity contribution in [2.75, 3.05) is 18.8 Å². The fourth-order valence-corrected chi connectivity index (χ4v) is 2.68. The van der Waals surface area contributed by atoms with Crippen LogP contribution in [0.3, 0.4) is 0 Å². The summed E-state index contributed by atoms with van der Waals surface area (Å²) in [4.78, 5) is 11.7. The van der Waals surface area contributed by atoms with Crippen LogP contribution in [0.2, 0.25) is 0 Å². The minimum Gasteiger partial charge on any atom is -0.351 e. The van der Waals surface area contributed by atoms with Gasteiger partial charge < -0.3 is 5.32 Å². The summed E-state index contributed by atoms with van der Waals surface area (Å²) in [5, 5.41) is 2.56. The lowest BCUT2D eigenvalue weighted by Crippen LogP contribution is -2.34. The van der Waals surface area contributed by atoms with Gasteiger partial charge in [0.05, 0.1) is 5.75 Å². The number of nitrogens with one attached hydrogen (secondary N) is 2. The van der Waals surface area contributed by atoms with Crippen molar-refractivity contribution in [1.82, 2.24) is 10.0 Å². The predicted molar refractivity (Wildman–Crippen MR) is 73.9 cm³/mol. The highest BCUT2D eigenvalue weighted by Crippen LogP contribution is 2.11. The molecule has 0 bridgehead atoms. The molecule has 7 heteroatoms. The monoisotopic (exact) mass is 334 g/mol. The fraction of sp³-hybridized carbons (Fsp3) is 0.364. The van der Waals surface area contributed by atoms with E-state index in [4.69, 9.17) is 0 Å². The number of carbonyl (C=O) groups excluding carboxylic acids is 1. The second kappa shape index (κ2) is 6.86. The summed E-state index contributed by atoms with van der Waals surface area (Å²) in [5.41, 5.74) is 0.491. The number of halogens is 1. The molecule has 0 unspecified atom stereocenters. The van der Waals surface area contributed by atoms with Crippen LogP contribution in [0.4, 0.5) is 0 Å². The third kappa shape index (κ3) is 5.16. The van der Waals surface area contributed by atoms with E-state index in [1.807, 2.05) is 6.07 Å². The van der Waals surface area contributed by atoms with Gasteiger partial charge in [0, 0.05) is 23.1 Å². The molecule has 18 heavy (non-hydrogen) atoms. The smallest absolute Gasteiger partial charge is 0.251 e. The van der Waals surface area contributed by atoms with Crippen LogP contribution in [0.25, 0.3) is 0 Å². The van der Waals surface area contributed by atoms with Crippen LogP contribution in [-0.2, 0) is 10.0 Å². The lowest BCUT2D eigenvalue weighted by Gasteiger charge is -2.06. The molecule has 100 valence electrons. The Kier molecular flexibility index (Phi) is 5.77. The van der Waals surface area contributed by atoms with Gasteiger partial charge in [0.15, 0.2) is 0 Å². The highest BCUT2D eigenvalue weighted by molar-refractivity contribution is 9.10. The van der Waals surface area contributed by atoms with Crippen molar-refractivity contribution in [3.8, 4) is 0 Å². The molecule has 0 aromatic heterocycles. The Labute approximate surface area is 115 Å². The van der Waals surface area contributed by atoms with Crippen LogP contribution in [0.5, 0.6) is 0 Å². The quantitative estimate of drug-likeness (QED) is 0.818. The first-order valence-electron chi connectivity index (χ1n) is 5.45. The molecule has 1 aromatic rings. The summed E-state index contributed by atoms with van der Waals surface area (Å²) < 4.78 is 25.8. The fourth-order valence-electron chi connectivity index (χ4n) is 1.32. The maximum absolute atomic E-state index is 11.7. The minimum atomic E-state index is -3.29. The van der Waals surface area contributed by atoms with E-state index in [0.29, 0.717) is 12.1 Å². The third-order valence-corrected chi connectivity index (χ3v) is 4.07. The second-order valence-electron chi connectivity index (χ2n) is 3.58. The molecule has 1 rings (SSSR count). The molecule has 0 aliphatic carbocycles. The molecule has 0 atom stereocenters. The summed E-state index contributed by atoms with van der Waals surface area (Å²) in [7, 11) is -3.29. The van der Waals surface area contributed by atoms with Gasteiger partial charge in [0.2, 0.25) is 10.0 Å². The molecular formula is C11H15BrN2O3S. The zero-order valence-corrected chi connectivity index (χ0v) is 12.3. The Morgan fingerprint density at radius 2 is 2.11 bits per heavy atom. The Morgan fingerprint density at radius 3 is 2.72 bits per heavy atom. The average Bonchev–Trinajstić information content (AvgIpc) is 2.28. The third-order valence-electron chi connectivity index (χ3n) is 2.11. The van der Waals surface area contributed by atoms with Crippen LogP contribution in [0.1, 0.15) is 17.3 Å². The maximum Gasteiger partial charge on any atom is 0.251 e. The van der Waals surface area contributed by atoms with E-state index >= 15 is 0 Å². The Bertz CT molecular complexity index is 517. The molecule has 0 saturated carbocycles. The number of sulfonamides is 1. The number of amides is 1. The zero-order chi connectivity index (χ0) is 13.6. The number of carbonyl (C=O) groups is 1. The molecule has 1 aromatic carbocycles. The van der Waals surface area contributed by atoms with Gasteiger partial charge in [0.25, 0.3) is 5.91 Å². The van der Waals surface area contributed by atoms with Gasteiger partial charge in [-0.25, -0.2) is 13.1 Å². The van der Waals surface area contributed by atoms with Crippen molar-refractivity contribution in [2.24, 2.45) is 0 Å². The molecule has 2 N–H and O–H groups in total. The summed E-state index contributed by atoms with van der Waals surface area (Å²) in [6.07, 6.45) is 0. The van der Waals surface area contributed by atoms with Gasteiger partial charge in [-0.05, 0) is 18.2 Å². The van der Waals surface area contributed by atoms with Crippen molar-refractivity contribution in [2.45, 2.75) is 6.92 Å². The normalized spacial score (nSPS) is 11.2. The van der Waals surface area contributed by atoms with Gasteiger partial charge in [-0.15, -0.1) is 0 Å². The van der Waals surface area contributed by atoms with E-state index in [9.17, 15) is 13.2 Å². The van der Waals surface area contributed by atoms with Gasteiger partial charge in [-0.3, -0.25) is 4.79 Å². The molecule has 0 saturated heterocycles. The minimum absolute atomic E-state index is 0.0840. The van der Waals surface area contributed by atoms with Crippen molar-refractivity contribution in [1.29, 1.82) is 0 Å². The van der Waals surface area contributed by atoms with E-state index < -0.39 is 10.0 Å². The second-order valence-corrected chi connectivity index (χ2v) is 6.43. The average molecular weight is 335 g/mol. The van der Waals surface area contributed by atoms with Gasteiger partial charge in [-0.2, -0.15) is 0 Å². The molecule has 0 radical (unpaired) electrons. The summed E-state index contributed by atoms with van der Waals surface area (Å²) in [6, 6.07) is 6.90. The summed E-state index contributed by atoms with van der Waals surface area (Å²) >= 11 is 3.27. The van der Waals surface area contributed by atoms with Crippen LogP contribution < -0.4 is 10.0 Å². The van der Waals surface area contributed by atoms with Gasteiger partial charge >= 0.3 is 0 Å². The number of hydrogen-bond acceptors (Lipinski definition) is 3. The highest BCUT2D eigenvalue weighted by Gasteiger charge is 2.10. The highest BCUT2D eigenvalue weighted by atomic mass is 79.9. The van der Waals surface area contributed by atoms with Crippen LogP contribution in [0.15, 0.2) is 28.7 Å². The van der Waals surface area contributed by atoms with E-state index in [1.54, 1.807) is 25.1 Å². The molecule has 5 nitrogen and oxygen atoms in total. The van der Waals surface area contributed by atoms with Crippen molar-refractivity contribution in [3.05, 3.63) is 34.3 Å². The molecule has 0 spiro atoms. The van der Waals surface area contributed by atoms with Gasteiger partial charge in [-0.1, -0.05) is 28.9 Å². The summed E-state index contributed by atoms with van der Waals surface area (Å²) in [6.45, 7) is 2.14. The van der Waals surface area contributed by atoms with Crippen LogP contribution in [-0.4, -0.2) is 33.2 Å². The lowest BCUT2D eigenvalue weighted by molar-refractivity contribution is 0.0956. The first kappa shape index (κ1) is 15.1. The standard InChI is InChI=1S/C11H15BrN2O3S/c1-2-14-18(16,17)7-6-13-11(15)9-4-3-5-10(12)8-9/h3-5,8,14H,2,6-7H2,1H3,(H,13,15). The first-order chi connectivity index (χ1) is 8.44. The van der Waals surface area contributed by atoms with Crippen molar-refractivity contribution >= 4 is 31.9 Å². The van der Waals surface area contributed by atoms with E-state index in [1.165, 1.54) is 0 Å². The lowest BCUT2D eigenvalue weighted by atomic mass is 10.2. The Morgan fingerprint density at radius 1 is 1.39 bits per heavy atom. The largest absolute Gasteiger partial charge is 0.351 e. The SMILES string of the molecule is CCNS(=O)(=O)CCNC(=O)c1cccc(Br)c1. The Balaban J connectivity index is 2.48. The molecule has 0 aliphatic heterocycles. The number of rotatable bonds is 6. The maximum atomic E-state index is 11.7. The molecule has 1 amide bonds. The van der Waals surface area contributed by atoms with Crippen LogP contribution in [0, 0.1) is 0 Å². The molecule has 0 fully saturated rings. The summed E-state index contributed by atoms with van der Waals surface area (Å²) in [5.74, 6) is -0.413. The topological polar surface area (TPSA) is 75.3 Å². The van der Waals surface area contributed by atoms with E-state index in [0.717, 1.165) is 4.47 Å². The number of benzene rings is 1. The predicted octanol–water partition coefficient (Wildman–Crippen LogP) is 1.12. The zero-order valence-electron chi connectivity index (χ0n) is 9.94. The van der Waals surface area contributed by atoms with Crippen molar-refractivity contribution < 1.29 is 13.2 Å². The van der Waals surface area contributed by atoms with E-state index in [2.05, 4.69) is 26.0 Å². The first-order valence-corrected chi connectivity index (χ1v) is 7.90. The molecule has 0 aliphatic rings. The number of hydrogen-bond donors (Lipinski definition) is 2. The molecular weight excluding hydrogens is 320 g/mol. The van der Waals surface area contributed by atoms with E-state index in [-0.39, 0.29) is 18.2 Å². The van der Waals surface area contributed by atoms with Crippen molar-refractivity contribution in [3.63, 3.8) is 0 Å². The molecule has 0 heterocycles.